The molecule has 4 nitrogen and oxygen atoms in total. The summed E-state index contributed by atoms with van der Waals surface area (Å²) in [6.07, 6.45) is 2.11. The summed E-state index contributed by atoms with van der Waals surface area (Å²) in [5, 5.41) is 6.21. The Bertz CT molecular complexity index is 446. The maximum atomic E-state index is 11.4. The van der Waals surface area contributed by atoms with Crippen molar-refractivity contribution in [1.29, 1.82) is 0 Å². The summed E-state index contributed by atoms with van der Waals surface area (Å²) in [5.41, 5.74) is 2.56. The molecule has 4 heteroatoms. The predicted octanol–water partition coefficient (Wildman–Crippen LogP) is 1.80. The van der Waals surface area contributed by atoms with Gasteiger partial charge >= 0.3 is 0 Å². The molecule has 1 amide bonds. The highest BCUT2D eigenvalue weighted by Gasteiger charge is 2.24. The third-order valence-electron chi connectivity index (χ3n) is 3.41. The van der Waals surface area contributed by atoms with Gasteiger partial charge in [0.25, 0.3) is 5.91 Å². The number of benzene rings is 1. The molecule has 1 aliphatic carbocycles. The first kappa shape index (κ1) is 13.9. The van der Waals surface area contributed by atoms with Crippen LogP contribution >= 0.6 is 0 Å². The van der Waals surface area contributed by atoms with Gasteiger partial charge in [0.2, 0.25) is 0 Å². The third-order valence-corrected chi connectivity index (χ3v) is 3.41. The molecule has 104 valence electrons. The predicted molar refractivity (Wildman–Crippen MR) is 75.4 cm³/mol. The summed E-state index contributed by atoms with van der Waals surface area (Å²) >= 11 is 0. The van der Waals surface area contributed by atoms with Crippen LogP contribution in [-0.2, 0) is 11.2 Å². The van der Waals surface area contributed by atoms with Crippen molar-refractivity contribution in [3.8, 4) is 5.75 Å². The van der Waals surface area contributed by atoms with Gasteiger partial charge in [0.05, 0.1) is 0 Å². The van der Waals surface area contributed by atoms with Crippen molar-refractivity contribution in [1.82, 2.24) is 10.6 Å². The number of hydrogen-bond acceptors (Lipinski definition) is 3. The van der Waals surface area contributed by atoms with E-state index in [9.17, 15) is 4.79 Å². The average molecular weight is 262 g/mol. The summed E-state index contributed by atoms with van der Waals surface area (Å²) in [6.45, 7) is 5.72. The van der Waals surface area contributed by atoms with Gasteiger partial charge in [0, 0.05) is 12.6 Å². The van der Waals surface area contributed by atoms with E-state index in [1.165, 1.54) is 11.1 Å². The van der Waals surface area contributed by atoms with Crippen LogP contribution < -0.4 is 15.4 Å². The summed E-state index contributed by atoms with van der Waals surface area (Å²) < 4.78 is 5.65. The first-order chi connectivity index (χ1) is 9.26. The van der Waals surface area contributed by atoms with Crippen LogP contribution in [0.25, 0.3) is 0 Å². The number of carbonyl (C=O) groups is 1. The number of amides is 1. The molecule has 1 unspecified atom stereocenters. The van der Waals surface area contributed by atoms with Crippen LogP contribution in [0.5, 0.6) is 5.75 Å². The molecule has 1 aromatic carbocycles. The fourth-order valence-electron chi connectivity index (χ4n) is 2.61. The van der Waals surface area contributed by atoms with Crippen LogP contribution in [0.1, 0.15) is 37.4 Å². The molecule has 0 aliphatic heterocycles. The van der Waals surface area contributed by atoms with E-state index in [0.29, 0.717) is 12.6 Å². The molecular formula is C15H22N2O2. The average Bonchev–Trinajstić information content (AvgIpc) is 2.81. The molecule has 0 aromatic heterocycles. The minimum atomic E-state index is -0.0682. The first-order valence-electron chi connectivity index (χ1n) is 7.00. The number of rotatable bonds is 6. The minimum Gasteiger partial charge on any atom is -0.483 e. The van der Waals surface area contributed by atoms with Gasteiger partial charge in [-0.2, -0.15) is 0 Å². The second kappa shape index (κ2) is 6.57. The Morgan fingerprint density at radius 3 is 2.95 bits per heavy atom. The van der Waals surface area contributed by atoms with E-state index in [0.717, 1.165) is 25.1 Å². The van der Waals surface area contributed by atoms with Gasteiger partial charge in [-0.15, -0.1) is 0 Å². The monoisotopic (exact) mass is 262 g/mol. The van der Waals surface area contributed by atoms with E-state index in [4.69, 9.17) is 4.74 Å². The van der Waals surface area contributed by atoms with Crippen molar-refractivity contribution < 1.29 is 9.53 Å². The number of hydrogen-bond donors (Lipinski definition) is 2. The van der Waals surface area contributed by atoms with Crippen LogP contribution in [0.15, 0.2) is 18.2 Å². The van der Waals surface area contributed by atoms with Crippen molar-refractivity contribution >= 4 is 5.91 Å². The van der Waals surface area contributed by atoms with E-state index in [1.807, 2.05) is 19.1 Å². The lowest BCUT2D eigenvalue weighted by atomic mass is 10.1. The molecule has 1 aliphatic rings. The van der Waals surface area contributed by atoms with Gasteiger partial charge in [0.1, 0.15) is 5.75 Å². The zero-order chi connectivity index (χ0) is 13.7. The fraction of sp³-hybridized carbons (Fsp3) is 0.533. The molecule has 0 heterocycles. The van der Waals surface area contributed by atoms with Gasteiger partial charge in [0.15, 0.2) is 6.61 Å². The smallest absolute Gasteiger partial charge is 0.257 e. The SMILES string of the molecule is CCNC(=O)COc1cccc2c1CCC2NCC. The highest BCUT2D eigenvalue weighted by Crippen LogP contribution is 2.36. The summed E-state index contributed by atoms with van der Waals surface area (Å²) in [7, 11) is 0. The molecule has 2 N–H and O–H groups in total. The Balaban J connectivity index is 2.05. The second-order valence-corrected chi connectivity index (χ2v) is 4.72. The molecule has 0 saturated heterocycles. The minimum absolute atomic E-state index is 0.0682. The lowest BCUT2D eigenvalue weighted by Gasteiger charge is -2.14. The highest BCUT2D eigenvalue weighted by molar-refractivity contribution is 5.77. The van der Waals surface area contributed by atoms with Crippen molar-refractivity contribution in [2.24, 2.45) is 0 Å². The topological polar surface area (TPSA) is 50.4 Å². The van der Waals surface area contributed by atoms with Gasteiger partial charge < -0.3 is 15.4 Å². The summed E-state index contributed by atoms with van der Waals surface area (Å²) in [6, 6.07) is 6.52. The Morgan fingerprint density at radius 2 is 2.21 bits per heavy atom. The molecule has 19 heavy (non-hydrogen) atoms. The molecule has 0 saturated carbocycles. The number of nitrogens with one attached hydrogen (secondary N) is 2. The molecular weight excluding hydrogens is 240 g/mol. The molecule has 0 fully saturated rings. The normalized spacial score (nSPS) is 17.1. The lowest BCUT2D eigenvalue weighted by molar-refractivity contribution is -0.122. The van der Waals surface area contributed by atoms with Gasteiger partial charge in [-0.3, -0.25) is 4.79 Å². The first-order valence-corrected chi connectivity index (χ1v) is 7.00. The van der Waals surface area contributed by atoms with Crippen molar-refractivity contribution in [2.45, 2.75) is 32.7 Å². The molecule has 0 spiro atoms. The molecule has 2 rings (SSSR count). The second-order valence-electron chi connectivity index (χ2n) is 4.72. The van der Waals surface area contributed by atoms with Gasteiger partial charge in [-0.1, -0.05) is 19.1 Å². The zero-order valence-electron chi connectivity index (χ0n) is 11.7. The number of likely N-dealkylation sites (N-methyl/N-ethyl adjacent to an activating group) is 1. The number of carbonyl (C=O) groups excluding carboxylic acids is 1. The Labute approximate surface area is 114 Å². The van der Waals surface area contributed by atoms with E-state index in [1.54, 1.807) is 0 Å². The van der Waals surface area contributed by atoms with Crippen molar-refractivity contribution in [3.63, 3.8) is 0 Å². The van der Waals surface area contributed by atoms with Crippen LogP contribution in [0.4, 0.5) is 0 Å². The van der Waals surface area contributed by atoms with Crippen molar-refractivity contribution in [2.75, 3.05) is 19.7 Å². The Kier molecular flexibility index (Phi) is 4.80. The summed E-state index contributed by atoms with van der Waals surface area (Å²) in [5.74, 6) is 0.783. The van der Waals surface area contributed by atoms with E-state index >= 15 is 0 Å². The zero-order valence-corrected chi connectivity index (χ0v) is 11.7. The highest BCUT2D eigenvalue weighted by atomic mass is 16.5. The standard InChI is InChI=1S/C15H22N2O2/c1-3-16-13-9-8-12-11(13)6-5-7-14(12)19-10-15(18)17-4-2/h5-7,13,16H,3-4,8-10H2,1-2H3,(H,17,18). The van der Waals surface area contributed by atoms with Crippen LogP contribution in [0.2, 0.25) is 0 Å². The van der Waals surface area contributed by atoms with E-state index < -0.39 is 0 Å². The summed E-state index contributed by atoms with van der Waals surface area (Å²) in [4.78, 5) is 11.4. The lowest BCUT2D eigenvalue weighted by Crippen LogP contribution is -2.28. The maximum Gasteiger partial charge on any atom is 0.257 e. The van der Waals surface area contributed by atoms with Crippen molar-refractivity contribution in [3.05, 3.63) is 29.3 Å². The molecule has 0 radical (unpaired) electrons. The Hall–Kier alpha value is -1.55. The van der Waals surface area contributed by atoms with E-state index in [2.05, 4.69) is 23.6 Å². The molecule has 1 aromatic rings. The number of fused-ring (bicyclic) bond motifs is 1. The largest absolute Gasteiger partial charge is 0.483 e. The third kappa shape index (κ3) is 3.26. The quantitative estimate of drug-likeness (QED) is 0.822. The van der Waals surface area contributed by atoms with Crippen LogP contribution in [-0.4, -0.2) is 25.6 Å². The molecule has 1 atom stereocenters. The van der Waals surface area contributed by atoms with Gasteiger partial charge in [-0.25, -0.2) is 0 Å². The fourth-order valence-corrected chi connectivity index (χ4v) is 2.61. The maximum absolute atomic E-state index is 11.4. The Morgan fingerprint density at radius 1 is 1.37 bits per heavy atom. The van der Waals surface area contributed by atoms with E-state index in [-0.39, 0.29) is 12.5 Å². The molecule has 0 bridgehead atoms. The van der Waals surface area contributed by atoms with Gasteiger partial charge in [-0.05, 0) is 43.5 Å². The van der Waals surface area contributed by atoms with Crippen LogP contribution in [0, 0.1) is 0 Å². The number of ether oxygens (including phenoxy) is 1. The van der Waals surface area contributed by atoms with Crippen LogP contribution in [0.3, 0.4) is 0 Å².